The van der Waals surface area contributed by atoms with Gasteiger partial charge >= 0.3 is 0 Å². The van der Waals surface area contributed by atoms with E-state index >= 15 is 0 Å². The van der Waals surface area contributed by atoms with E-state index in [1.54, 1.807) is 11.0 Å². The largest absolute Gasteiger partial charge is 0.374 e. The number of nitrogens with zero attached hydrogens (tertiary/aromatic N) is 4. The highest BCUT2D eigenvalue weighted by Gasteiger charge is 2.34. The van der Waals surface area contributed by atoms with Gasteiger partial charge < -0.3 is 10.1 Å². The summed E-state index contributed by atoms with van der Waals surface area (Å²) in [7, 11) is 0. The van der Waals surface area contributed by atoms with Crippen molar-refractivity contribution in [3.63, 3.8) is 0 Å². The monoisotopic (exact) mass is 341 g/mol. The summed E-state index contributed by atoms with van der Waals surface area (Å²) in [5.74, 6) is 0.0927. The molecule has 1 N–H and O–H groups in total. The Kier molecular flexibility index (Phi) is 4.76. The minimum Gasteiger partial charge on any atom is -0.374 e. The molecule has 2 aromatic rings. The van der Waals surface area contributed by atoms with Crippen molar-refractivity contribution in [1.29, 1.82) is 0 Å². The van der Waals surface area contributed by atoms with Crippen molar-refractivity contribution in [3.8, 4) is 0 Å². The predicted molar refractivity (Wildman–Crippen MR) is 91.7 cm³/mol. The Morgan fingerprint density at radius 1 is 1.32 bits per heavy atom. The number of benzene rings is 1. The van der Waals surface area contributed by atoms with Crippen LogP contribution in [0.15, 0.2) is 43.0 Å². The van der Waals surface area contributed by atoms with Crippen LogP contribution in [0.25, 0.3) is 0 Å². The van der Waals surface area contributed by atoms with E-state index in [9.17, 15) is 4.79 Å². The van der Waals surface area contributed by atoms with Crippen LogP contribution in [0.2, 0.25) is 0 Å². The third kappa shape index (κ3) is 4.05. The molecule has 7 heteroatoms. The molecule has 2 aliphatic rings. The number of aromatic nitrogens is 3. The van der Waals surface area contributed by atoms with Crippen LogP contribution in [0.1, 0.15) is 24.4 Å². The Bertz CT molecular complexity index is 687. The van der Waals surface area contributed by atoms with Crippen LogP contribution in [-0.2, 0) is 16.1 Å². The number of hydrogen-bond acceptors (Lipinski definition) is 5. The molecule has 1 saturated heterocycles. The minimum atomic E-state index is -0.274. The van der Waals surface area contributed by atoms with Gasteiger partial charge in [0, 0.05) is 19.1 Å². The first-order valence-electron chi connectivity index (χ1n) is 8.83. The molecule has 1 aromatic heterocycles. The molecule has 4 rings (SSSR count). The Labute approximate surface area is 147 Å². The zero-order valence-corrected chi connectivity index (χ0v) is 14.1. The Morgan fingerprint density at radius 2 is 2.16 bits per heavy atom. The summed E-state index contributed by atoms with van der Waals surface area (Å²) >= 11 is 0. The first kappa shape index (κ1) is 16.2. The average molecular weight is 341 g/mol. The van der Waals surface area contributed by atoms with Gasteiger partial charge in [0.2, 0.25) is 5.91 Å². The first-order chi connectivity index (χ1) is 12.3. The fourth-order valence-corrected chi connectivity index (χ4v) is 3.29. The summed E-state index contributed by atoms with van der Waals surface area (Å²) in [6, 6.07) is 10.1. The van der Waals surface area contributed by atoms with Crippen molar-refractivity contribution in [2.75, 3.05) is 19.7 Å². The molecule has 2 atom stereocenters. The highest BCUT2D eigenvalue weighted by molar-refractivity contribution is 5.83. The van der Waals surface area contributed by atoms with E-state index in [2.05, 4.69) is 20.3 Å². The average Bonchev–Trinajstić information content (AvgIpc) is 3.29. The molecule has 2 heterocycles. The van der Waals surface area contributed by atoms with Gasteiger partial charge in [-0.25, -0.2) is 4.98 Å². The summed E-state index contributed by atoms with van der Waals surface area (Å²) in [5.41, 5.74) is 1.03. The van der Waals surface area contributed by atoms with Crippen LogP contribution in [0.4, 0.5) is 0 Å². The second-order valence-corrected chi connectivity index (χ2v) is 6.70. The normalized spacial score (nSPS) is 22.5. The van der Waals surface area contributed by atoms with Crippen LogP contribution < -0.4 is 5.32 Å². The zero-order chi connectivity index (χ0) is 17.1. The van der Waals surface area contributed by atoms with Gasteiger partial charge in [-0.1, -0.05) is 30.3 Å². The summed E-state index contributed by atoms with van der Waals surface area (Å²) in [5, 5.41) is 7.31. The van der Waals surface area contributed by atoms with Crippen LogP contribution in [0.5, 0.6) is 0 Å². The Hall–Kier alpha value is -2.25. The molecule has 7 nitrogen and oxygen atoms in total. The number of rotatable bonds is 6. The third-order valence-electron chi connectivity index (χ3n) is 4.68. The number of ether oxygens (including phenoxy) is 1. The quantitative estimate of drug-likeness (QED) is 0.849. The van der Waals surface area contributed by atoms with Gasteiger partial charge in [0.1, 0.15) is 18.7 Å². The molecule has 1 saturated carbocycles. The molecule has 0 bridgehead atoms. The highest BCUT2D eigenvalue weighted by Crippen LogP contribution is 2.26. The van der Waals surface area contributed by atoms with Gasteiger partial charge in [0.05, 0.1) is 19.3 Å². The molecule has 0 radical (unpaired) electrons. The minimum absolute atomic E-state index is 0.00427. The maximum atomic E-state index is 12.9. The second-order valence-electron chi connectivity index (χ2n) is 6.70. The lowest BCUT2D eigenvalue weighted by Crippen LogP contribution is -2.50. The van der Waals surface area contributed by atoms with E-state index in [-0.39, 0.29) is 18.1 Å². The maximum Gasteiger partial charge on any atom is 0.242 e. The molecule has 1 aliphatic heterocycles. The van der Waals surface area contributed by atoms with E-state index in [0.29, 0.717) is 25.7 Å². The lowest BCUT2D eigenvalue weighted by molar-refractivity contribution is -0.130. The van der Waals surface area contributed by atoms with Gasteiger partial charge in [0.25, 0.3) is 0 Å². The number of hydrogen-bond donors (Lipinski definition) is 1. The highest BCUT2D eigenvalue weighted by atomic mass is 16.5. The zero-order valence-electron chi connectivity index (χ0n) is 14.1. The van der Waals surface area contributed by atoms with Crippen LogP contribution in [0.3, 0.4) is 0 Å². The summed E-state index contributed by atoms with van der Waals surface area (Å²) in [6.45, 7) is 2.69. The maximum absolute atomic E-state index is 12.9. The lowest BCUT2D eigenvalue weighted by Gasteiger charge is -2.37. The smallest absolute Gasteiger partial charge is 0.242 e. The van der Waals surface area contributed by atoms with Gasteiger partial charge in [-0.05, 0) is 18.4 Å². The van der Waals surface area contributed by atoms with E-state index in [4.69, 9.17) is 4.74 Å². The van der Waals surface area contributed by atoms with Gasteiger partial charge in [-0.3, -0.25) is 14.4 Å². The van der Waals surface area contributed by atoms with Crippen molar-refractivity contribution >= 4 is 5.91 Å². The number of nitrogens with one attached hydrogen (secondary N) is 1. The molecular formula is C18H23N5O2. The van der Waals surface area contributed by atoms with Gasteiger partial charge in [-0.2, -0.15) is 5.10 Å². The van der Waals surface area contributed by atoms with Crippen LogP contribution >= 0.6 is 0 Å². The fourth-order valence-electron chi connectivity index (χ4n) is 3.29. The molecule has 1 aromatic carbocycles. The predicted octanol–water partition coefficient (Wildman–Crippen LogP) is 0.999. The number of amides is 1. The number of morpholine rings is 1. The number of carbonyl (C=O) groups is 1. The first-order valence-corrected chi connectivity index (χ1v) is 8.83. The van der Waals surface area contributed by atoms with Crippen LogP contribution in [0, 0.1) is 0 Å². The van der Waals surface area contributed by atoms with Gasteiger partial charge in [-0.15, -0.1) is 0 Å². The van der Waals surface area contributed by atoms with E-state index in [1.165, 1.54) is 6.33 Å². The van der Waals surface area contributed by atoms with Crippen molar-refractivity contribution in [1.82, 2.24) is 25.0 Å². The van der Waals surface area contributed by atoms with E-state index < -0.39 is 0 Å². The molecule has 0 spiro atoms. The van der Waals surface area contributed by atoms with Crippen molar-refractivity contribution < 1.29 is 9.53 Å². The molecule has 2 fully saturated rings. The van der Waals surface area contributed by atoms with Crippen LogP contribution in [-0.4, -0.2) is 57.4 Å². The van der Waals surface area contributed by atoms with Crippen molar-refractivity contribution in [2.45, 2.75) is 37.6 Å². The lowest BCUT2D eigenvalue weighted by atomic mass is 10.0. The molecule has 25 heavy (non-hydrogen) atoms. The number of carbonyl (C=O) groups excluding carboxylic acids is 1. The molecule has 132 valence electrons. The van der Waals surface area contributed by atoms with Gasteiger partial charge in [0.15, 0.2) is 0 Å². The standard InChI is InChI=1S/C18H23N5O2/c24-18(21-15-6-7-15)17(14-4-2-1-3-5-14)22-8-9-25-16(10-22)11-23-13-19-12-20-23/h1-5,12-13,15-17H,6-11H2,(H,21,24)/t16-,17+/m1/s1. The van der Waals surface area contributed by atoms with Crippen molar-refractivity contribution in [2.24, 2.45) is 0 Å². The fraction of sp³-hybridized carbons (Fsp3) is 0.500. The SMILES string of the molecule is O=C(NC1CC1)[C@H](c1ccccc1)N1CCO[C@@H](Cn2cncn2)C1. The summed E-state index contributed by atoms with van der Waals surface area (Å²) in [4.78, 5) is 19.1. The molecular weight excluding hydrogens is 318 g/mol. The Morgan fingerprint density at radius 3 is 2.88 bits per heavy atom. The van der Waals surface area contributed by atoms with E-state index in [0.717, 1.165) is 24.9 Å². The van der Waals surface area contributed by atoms with Crippen molar-refractivity contribution in [3.05, 3.63) is 48.5 Å². The Balaban J connectivity index is 1.50. The van der Waals surface area contributed by atoms with E-state index in [1.807, 2.05) is 30.3 Å². The molecule has 1 aliphatic carbocycles. The second kappa shape index (κ2) is 7.33. The molecule has 0 unspecified atom stereocenters. The summed E-state index contributed by atoms with van der Waals surface area (Å²) in [6.07, 6.45) is 5.39. The summed E-state index contributed by atoms with van der Waals surface area (Å²) < 4.78 is 7.65. The topological polar surface area (TPSA) is 72.3 Å². The molecule has 1 amide bonds. The third-order valence-corrected chi connectivity index (χ3v) is 4.68.